The van der Waals surface area contributed by atoms with Gasteiger partial charge in [-0.3, -0.25) is 0 Å². The third kappa shape index (κ3) is 3.52. The second-order valence-electron chi connectivity index (χ2n) is 5.12. The van der Waals surface area contributed by atoms with Gasteiger partial charge in [0.2, 0.25) is 10.0 Å². The summed E-state index contributed by atoms with van der Waals surface area (Å²) < 4.78 is 34.1. The third-order valence-corrected chi connectivity index (χ3v) is 5.40. The highest BCUT2D eigenvalue weighted by Crippen LogP contribution is 2.29. The normalized spacial score (nSPS) is 22.9. The molecule has 1 aromatic carbocycles. The molecule has 1 heterocycles. The molecule has 1 saturated heterocycles. The number of nitrogens with one attached hydrogen (secondary N) is 2. The quantitative estimate of drug-likeness (QED) is 0.838. The summed E-state index contributed by atoms with van der Waals surface area (Å²) >= 11 is 3.31. The van der Waals surface area contributed by atoms with Crippen LogP contribution >= 0.6 is 15.9 Å². The predicted molar refractivity (Wildman–Crippen MR) is 81.5 cm³/mol. The predicted octanol–water partition coefficient (Wildman–Crippen LogP) is 1.88. The van der Waals surface area contributed by atoms with Crippen LogP contribution in [0.2, 0.25) is 0 Å². The standard InChI is InChI=1S/C13H19BrN2O3S/c1-3-19-11-5-4-10(14)8-12(11)20(17,18)16-13(2)6-7-15-9-13/h4-5,8,15-16H,3,6-7,9H2,1-2H3. The fourth-order valence-corrected chi connectivity index (χ4v) is 4.37. The summed E-state index contributed by atoms with van der Waals surface area (Å²) in [6, 6.07) is 5.00. The van der Waals surface area contributed by atoms with Crippen LogP contribution in [0.5, 0.6) is 5.75 Å². The van der Waals surface area contributed by atoms with Gasteiger partial charge < -0.3 is 10.1 Å². The first kappa shape index (κ1) is 15.8. The van der Waals surface area contributed by atoms with Gasteiger partial charge in [0.25, 0.3) is 0 Å². The van der Waals surface area contributed by atoms with Gasteiger partial charge >= 0.3 is 0 Å². The van der Waals surface area contributed by atoms with Crippen molar-refractivity contribution in [2.45, 2.75) is 30.7 Å². The van der Waals surface area contributed by atoms with Crippen LogP contribution < -0.4 is 14.8 Å². The summed E-state index contributed by atoms with van der Waals surface area (Å²) in [6.07, 6.45) is 0.768. The molecule has 0 radical (unpaired) electrons. The summed E-state index contributed by atoms with van der Waals surface area (Å²) in [5.74, 6) is 0.373. The van der Waals surface area contributed by atoms with Gasteiger partial charge in [0.1, 0.15) is 10.6 Å². The van der Waals surface area contributed by atoms with E-state index in [0.717, 1.165) is 13.0 Å². The fourth-order valence-electron chi connectivity index (χ4n) is 2.25. The second-order valence-corrected chi connectivity index (χ2v) is 7.68. The van der Waals surface area contributed by atoms with Gasteiger partial charge in [-0.05, 0) is 45.0 Å². The Morgan fingerprint density at radius 1 is 1.50 bits per heavy atom. The minimum atomic E-state index is -3.62. The smallest absolute Gasteiger partial charge is 0.244 e. The Balaban J connectivity index is 2.35. The van der Waals surface area contributed by atoms with E-state index in [4.69, 9.17) is 4.74 Å². The Hall–Kier alpha value is -0.630. The van der Waals surface area contributed by atoms with Crippen molar-refractivity contribution in [2.75, 3.05) is 19.7 Å². The molecule has 1 aromatic rings. The molecule has 0 aliphatic carbocycles. The maximum atomic E-state index is 12.6. The molecule has 1 fully saturated rings. The lowest BCUT2D eigenvalue weighted by Crippen LogP contribution is -2.47. The summed E-state index contributed by atoms with van der Waals surface area (Å²) in [5, 5.41) is 3.17. The molecule has 2 N–H and O–H groups in total. The molecule has 5 nitrogen and oxygen atoms in total. The van der Waals surface area contributed by atoms with Crippen LogP contribution in [0, 0.1) is 0 Å². The highest BCUT2D eigenvalue weighted by atomic mass is 79.9. The Morgan fingerprint density at radius 2 is 2.25 bits per heavy atom. The van der Waals surface area contributed by atoms with E-state index in [0.29, 0.717) is 23.4 Å². The van der Waals surface area contributed by atoms with Crippen molar-refractivity contribution in [1.29, 1.82) is 0 Å². The summed E-state index contributed by atoms with van der Waals surface area (Å²) in [7, 11) is -3.62. The number of hydrogen-bond acceptors (Lipinski definition) is 4. The van der Waals surface area contributed by atoms with Crippen LogP contribution in [0.4, 0.5) is 0 Å². The van der Waals surface area contributed by atoms with E-state index in [-0.39, 0.29) is 4.90 Å². The molecule has 0 bridgehead atoms. The Morgan fingerprint density at radius 3 is 2.85 bits per heavy atom. The maximum absolute atomic E-state index is 12.6. The van der Waals surface area contributed by atoms with Gasteiger partial charge in [0.15, 0.2) is 0 Å². The first-order valence-electron chi connectivity index (χ1n) is 6.53. The van der Waals surface area contributed by atoms with Gasteiger partial charge in [-0.25, -0.2) is 13.1 Å². The summed E-state index contributed by atoms with van der Waals surface area (Å²) in [4.78, 5) is 0.168. The number of hydrogen-bond donors (Lipinski definition) is 2. The fraction of sp³-hybridized carbons (Fsp3) is 0.538. The molecular weight excluding hydrogens is 344 g/mol. The molecular formula is C13H19BrN2O3S. The number of sulfonamides is 1. The van der Waals surface area contributed by atoms with Crippen LogP contribution in [0.1, 0.15) is 20.3 Å². The summed E-state index contributed by atoms with van der Waals surface area (Å²) in [6.45, 7) is 5.60. The molecule has 0 aromatic heterocycles. The van der Waals surface area contributed by atoms with Crippen LogP contribution in [0.25, 0.3) is 0 Å². The topological polar surface area (TPSA) is 67.4 Å². The third-order valence-electron chi connectivity index (χ3n) is 3.24. The SMILES string of the molecule is CCOc1ccc(Br)cc1S(=O)(=O)NC1(C)CCNC1. The lowest BCUT2D eigenvalue weighted by Gasteiger charge is -2.24. The monoisotopic (exact) mass is 362 g/mol. The number of benzene rings is 1. The van der Waals surface area contributed by atoms with Crippen molar-refractivity contribution >= 4 is 26.0 Å². The highest BCUT2D eigenvalue weighted by molar-refractivity contribution is 9.10. The molecule has 2 rings (SSSR count). The molecule has 7 heteroatoms. The van der Waals surface area contributed by atoms with Crippen LogP contribution in [-0.4, -0.2) is 33.7 Å². The first-order chi connectivity index (χ1) is 9.36. The first-order valence-corrected chi connectivity index (χ1v) is 8.81. The van der Waals surface area contributed by atoms with E-state index in [1.807, 2.05) is 13.8 Å². The Bertz CT molecular complexity index is 583. The second kappa shape index (κ2) is 6.01. The highest BCUT2D eigenvalue weighted by Gasteiger charge is 2.34. The van der Waals surface area contributed by atoms with Crippen LogP contribution in [-0.2, 0) is 10.0 Å². The van der Waals surface area contributed by atoms with Crippen molar-refractivity contribution in [1.82, 2.24) is 10.0 Å². The van der Waals surface area contributed by atoms with E-state index >= 15 is 0 Å². The molecule has 0 saturated carbocycles. The van der Waals surface area contributed by atoms with E-state index in [9.17, 15) is 8.42 Å². The van der Waals surface area contributed by atoms with Crippen LogP contribution in [0.3, 0.4) is 0 Å². The van der Waals surface area contributed by atoms with Gasteiger partial charge in [-0.1, -0.05) is 15.9 Å². The van der Waals surface area contributed by atoms with Crippen molar-refractivity contribution in [3.8, 4) is 5.75 Å². The van der Waals surface area contributed by atoms with E-state index < -0.39 is 15.6 Å². The van der Waals surface area contributed by atoms with Crippen molar-refractivity contribution in [2.24, 2.45) is 0 Å². The molecule has 1 unspecified atom stereocenters. The van der Waals surface area contributed by atoms with Gasteiger partial charge in [-0.2, -0.15) is 0 Å². The average molecular weight is 363 g/mol. The van der Waals surface area contributed by atoms with Crippen molar-refractivity contribution in [3.05, 3.63) is 22.7 Å². The minimum Gasteiger partial charge on any atom is -0.492 e. The molecule has 0 spiro atoms. The average Bonchev–Trinajstić information content (AvgIpc) is 2.77. The molecule has 112 valence electrons. The molecule has 0 amide bonds. The molecule has 1 aliphatic rings. The minimum absolute atomic E-state index is 0.168. The van der Waals surface area contributed by atoms with Crippen molar-refractivity contribution in [3.63, 3.8) is 0 Å². The molecule has 1 atom stereocenters. The zero-order chi connectivity index (χ0) is 14.8. The lowest BCUT2D eigenvalue weighted by atomic mass is 10.0. The number of ether oxygens (including phenoxy) is 1. The largest absolute Gasteiger partial charge is 0.492 e. The number of halogens is 1. The van der Waals surface area contributed by atoms with Crippen molar-refractivity contribution < 1.29 is 13.2 Å². The van der Waals surface area contributed by atoms with E-state index in [1.165, 1.54) is 0 Å². The van der Waals surface area contributed by atoms with Gasteiger partial charge in [0.05, 0.1) is 6.61 Å². The summed E-state index contributed by atoms with van der Waals surface area (Å²) in [5.41, 5.74) is -0.454. The lowest BCUT2D eigenvalue weighted by molar-refractivity contribution is 0.330. The Labute approximate surface area is 128 Å². The van der Waals surface area contributed by atoms with Gasteiger partial charge in [-0.15, -0.1) is 0 Å². The maximum Gasteiger partial charge on any atom is 0.244 e. The van der Waals surface area contributed by atoms with Crippen LogP contribution in [0.15, 0.2) is 27.6 Å². The van der Waals surface area contributed by atoms with Gasteiger partial charge in [0, 0.05) is 16.6 Å². The zero-order valence-electron chi connectivity index (χ0n) is 11.6. The Kier molecular flexibility index (Phi) is 4.73. The van der Waals surface area contributed by atoms with E-state index in [2.05, 4.69) is 26.0 Å². The zero-order valence-corrected chi connectivity index (χ0v) is 14.0. The molecule has 1 aliphatic heterocycles. The van der Waals surface area contributed by atoms with E-state index in [1.54, 1.807) is 18.2 Å². The molecule has 20 heavy (non-hydrogen) atoms. The number of rotatable bonds is 5.